The Morgan fingerprint density at radius 3 is 2.69 bits per heavy atom. The third-order valence-electron chi connectivity index (χ3n) is 4.91. The van der Waals surface area contributed by atoms with Crippen LogP contribution in [-0.2, 0) is 11.3 Å². The minimum atomic E-state index is -0.253. The van der Waals surface area contributed by atoms with Gasteiger partial charge in [-0.05, 0) is 49.7 Å². The van der Waals surface area contributed by atoms with Crippen LogP contribution in [0.1, 0.15) is 42.9 Å². The van der Waals surface area contributed by atoms with Gasteiger partial charge in [0.15, 0.2) is 5.13 Å². The lowest BCUT2D eigenvalue weighted by Gasteiger charge is -2.21. The number of thiazole rings is 1. The summed E-state index contributed by atoms with van der Waals surface area (Å²) in [5.74, 6) is 1.07. The molecule has 0 aliphatic carbocycles. The fourth-order valence-electron chi connectivity index (χ4n) is 2.92. The number of hydrogen-bond donors (Lipinski definition) is 2. The molecule has 0 saturated heterocycles. The Kier molecular flexibility index (Phi) is 8.27. The molecule has 2 heterocycles. The molecule has 2 N–H and O–H groups in total. The molecule has 0 aliphatic rings. The molecule has 0 aliphatic heterocycles. The van der Waals surface area contributed by atoms with Crippen LogP contribution >= 0.6 is 11.3 Å². The average Bonchev–Trinajstić information content (AvgIpc) is 3.49. The van der Waals surface area contributed by atoms with Crippen molar-refractivity contribution in [2.75, 3.05) is 19.0 Å². The van der Waals surface area contributed by atoms with E-state index < -0.39 is 0 Å². The quantitative estimate of drug-likeness (QED) is 0.443. The molecule has 0 bridgehead atoms. The van der Waals surface area contributed by atoms with Crippen molar-refractivity contribution in [1.29, 1.82) is 0 Å². The fourth-order valence-corrected chi connectivity index (χ4v) is 3.62. The Bertz CT molecular complexity index is 1000. The van der Waals surface area contributed by atoms with Crippen molar-refractivity contribution in [2.24, 2.45) is 0 Å². The van der Waals surface area contributed by atoms with Crippen LogP contribution in [0.15, 0.2) is 52.5 Å². The maximum atomic E-state index is 13.2. The first-order valence-corrected chi connectivity index (χ1v) is 11.3. The number of anilines is 2. The molecular formula is C23H28N4O4S. The molecule has 3 aromatic rings. The Balaban J connectivity index is 1.67. The van der Waals surface area contributed by atoms with Gasteiger partial charge in [-0.25, -0.2) is 4.98 Å². The van der Waals surface area contributed by atoms with Crippen LogP contribution in [0.2, 0.25) is 0 Å². The molecular weight excluding hydrogens is 428 g/mol. The predicted octanol–water partition coefficient (Wildman–Crippen LogP) is 4.44. The molecule has 2 amide bonds. The van der Waals surface area contributed by atoms with Gasteiger partial charge in [-0.2, -0.15) is 0 Å². The van der Waals surface area contributed by atoms with E-state index in [2.05, 4.69) is 15.6 Å². The molecule has 32 heavy (non-hydrogen) atoms. The highest BCUT2D eigenvalue weighted by molar-refractivity contribution is 7.14. The van der Waals surface area contributed by atoms with Crippen LogP contribution in [-0.4, -0.2) is 41.4 Å². The largest absolute Gasteiger partial charge is 0.497 e. The van der Waals surface area contributed by atoms with E-state index >= 15 is 0 Å². The minimum absolute atomic E-state index is 0.0864. The van der Waals surface area contributed by atoms with E-state index in [1.807, 2.05) is 38.1 Å². The highest BCUT2D eigenvalue weighted by Crippen LogP contribution is 2.24. The first kappa shape index (κ1) is 23.3. The van der Waals surface area contributed by atoms with E-state index in [1.165, 1.54) is 11.3 Å². The molecule has 0 fully saturated rings. The highest BCUT2D eigenvalue weighted by atomic mass is 32.1. The summed E-state index contributed by atoms with van der Waals surface area (Å²) in [4.78, 5) is 31.4. The number of amides is 2. The third kappa shape index (κ3) is 6.58. The Labute approximate surface area is 191 Å². The van der Waals surface area contributed by atoms with Gasteiger partial charge < -0.3 is 24.7 Å². The van der Waals surface area contributed by atoms with Crippen molar-refractivity contribution >= 4 is 34.0 Å². The lowest BCUT2D eigenvalue weighted by molar-refractivity contribution is -0.121. The number of rotatable bonds is 11. The van der Waals surface area contributed by atoms with Crippen molar-refractivity contribution in [1.82, 2.24) is 15.2 Å². The minimum Gasteiger partial charge on any atom is -0.497 e. The molecule has 170 valence electrons. The smallest absolute Gasteiger partial charge is 0.273 e. The highest BCUT2D eigenvalue weighted by Gasteiger charge is 2.21. The number of nitrogens with zero attached hydrogens (tertiary/aromatic N) is 2. The number of nitrogens with one attached hydrogen (secondary N) is 2. The van der Waals surface area contributed by atoms with Crippen molar-refractivity contribution in [2.45, 2.75) is 39.3 Å². The molecule has 3 rings (SSSR count). The SMILES string of the molecule is CC[C@H](C)NC(=O)CCN(Cc1ccco1)C(=O)c1csc(Nc2ccc(OC)cc2)n1. The zero-order chi connectivity index (χ0) is 22.9. The maximum Gasteiger partial charge on any atom is 0.273 e. The second-order valence-corrected chi connectivity index (χ2v) is 8.18. The van der Waals surface area contributed by atoms with Crippen LogP contribution in [0.4, 0.5) is 10.8 Å². The van der Waals surface area contributed by atoms with Gasteiger partial charge in [-0.1, -0.05) is 6.92 Å². The molecule has 0 radical (unpaired) electrons. The summed E-state index contributed by atoms with van der Waals surface area (Å²) >= 11 is 1.34. The summed E-state index contributed by atoms with van der Waals surface area (Å²) < 4.78 is 10.6. The van der Waals surface area contributed by atoms with Crippen LogP contribution in [0, 0.1) is 0 Å². The van der Waals surface area contributed by atoms with Crippen molar-refractivity contribution in [3.63, 3.8) is 0 Å². The van der Waals surface area contributed by atoms with E-state index in [-0.39, 0.29) is 37.4 Å². The molecule has 0 unspecified atom stereocenters. The topological polar surface area (TPSA) is 96.7 Å². The van der Waals surface area contributed by atoms with Crippen LogP contribution in [0.5, 0.6) is 5.75 Å². The van der Waals surface area contributed by atoms with Gasteiger partial charge >= 0.3 is 0 Å². The molecule has 8 nitrogen and oxygen atoms in total. The number of ether oxygens (including phenoxy) is 1. The zero-order valence-electron chi connectivity index (χ0n) is 18.5. The second kappa shape index (κ2) is 11.3. The fraction of sp³-hybridized carbons (Fsp3) is 0.348. The van der Waals surface area contributed by atoms with Crippen LogP contribution < -0.4 is 15.4 Å². The first-order valence-electron chi connectivity index (χ1n) is 10.5. The summed E-state index contributed by atoms with van der Waals surface area (Å²) in [6.07, 6.45) is 2.62. The predicted molar refractivity (Wildman–Crippen MR) is 124 cm³/mol. The lowest BCUT2D eigenvalue weighted by atomic mass is 10.2. The Hall–Kier alpha value is -3.33. The number of hydrogen-bond acceptors (Lipinski definition) is 7. The summed E-state index contributed by atoms with van der Waals surface area (Å²) in [7, 11) is 1.61. The van der Waals surface area contributed by atoms with Gasteiger partial charge in [0.1, 0.15) is 17.2 Å². The standard InChI is InChI=1S/C23H28N4O4S/c1-4-16(2)24-21(28)11-12-27(14-19-6-5-13-31-19)22(29)20-15-32-23(26-20)25-17-7-9-18(30-3)10-8-17/h5-10,13,15-16H,4,11-12,14H2,1-3H3,(H,24,28)(H,25,26)/t16-/m0/s1. The number of carbonyl (C=O) groups is 2. The molecule has 1 aromatic carbocycles. The number of methoxy groups -OCH3 is 1. The molecule has 0 saturated carbocycles. The molecule has 2 aromatic heterocycles. The van der Waals surface area contributed by atoms with Crippen LogP contribution in [0.25, 0.3) is 0 Å². The molecule has 0 spiro atoms. The normalized spacial score (nSPS) is 11.6. The number of benzene rings is 1. The summed E-state index contributed by atoms with van der Waals surface area (Å²) in [5, 5.41) is 8.43. The summed E-state index contributed by atoms with van der Waals surface area (Å²) in [5.41, 5.74) is 1.16. The first-order chi connectivity index (χ1) is 15.5. The summed E-state index contributed by atoms with van der Waals surface area (Å²) in [6.45, 7) is 4.50. The van der Waals surface area contributed by atoms with E-state index in [0.717, 1.165) is 17.9 Å². The van der Waals surface area contributed by atoms with Gasteiger partial charge in [-0.15, -0.1) is 11.3 Å². The Morgan fingerprint density at radius 1 is 1.25 bits per heavy atom. The van der Waals surface area contributed by atoms with Crippen molar-refractivity contribution < 1.29 is 18.7 Å². The third-order valence-corrected chi connectivity index (χ3v) is 5.66. The Morgan fingerprint density at radius 2 is 2.03 bits per heavy atom. The van der Waals surface area contributed by atoms with E-state index in [1.54, 1.807) is 35.8 Å². The summed E-state index contributed by atoms with van der Waals surface area (Å²) in [6, 6.07) is 11.1. The van der Waals surface area contributed by atoms with E-state index in [9.17, 15) is 9.59 Å². The number of furan rings is 1. The van der Waals surface area contributed by atoms with Gasteiger partial charge in [0.25, 0.3) is 5.91 Å². The van der Waals surface area contributed by atoms with Gasteiger partial charge in [0, 0.05) is 30.1 Å². The van der Waals surface area contributed by atoms with Crippen molar-refractivity contribution in [3.05, 3.63) is 59.5 Å². The van der Waals surface area contributed by atoms with Crippen molar-refractivity contribution in [3.8, 4) is 5.75 Å². The molecule has 1 atom stereocenters. The van der Waals surface area contributed by atoms with Gasteiger partial charge in [0.2, 0.25) is 5.91 Å². The van der Waals surface area contributed by atoms with E-state index in [4.69, 9.17) is 9.15 Å². The zero-order valence-corrected chi connectivity index (χ0v) is 19.3. The monoisotopic (exact) mass is 456 g/mol. The average molecular weight is 457 g/mol. The number of carbonyl (C=O) groups excluding carboxylic acids is 2. The maximum absolute atomic E-state index is 13.2. The number of aromatic nitrogens is 1. The van der Waals surface area contributed by atoms with Crippen LogP contribution in [0.3, 0.4) is 0 Å². The second-order valence-electron chi connectivity index (χ2n) is 7.32. The van der Waals surface area contributed by atoms with Gasteiger partial charge in [-0.3, -0.25) is 9.59 Å². The lowest BCUT2D eigenvalue weighted by Crippen LogP contribution is -2.37. The van der Waals surface area contributed by atoms with Gasteiger partial charge in [0.05, 0.1) is 19.9 Å². The van der Waals surface area contributed by atoms with E-state index in [0.29, 0.717) is 16.6 Å². The molecule has 9 heteroatoms.